The van der Waals surface area contributed by atoms with Gasteiger partial charge >= 0.3 is 0 Å². The number of rotatable bonds is 3. The lowest BCUT2D eigenvalue weighted by Gasteiger charge is -2.22. The molecule has 0 saturated carbocycles. The van der Waals surface area contributed by atoms with Crippen molar-refractivity contribution in [2.75, 3.05) is 22.9 Å². The highest BCUT2D eigenvalue weighted by molar-refractivity contribution is 5.63. The summed E-state index contributed by atoms with van der Waals surface area (Å²) in [5.41, 5.74) is 13.6. The van der Waals surface area contributed by atoms with Crippen LogP contribution in [-0.2, 0) is 0 Å². The molecule has 18 heavy (non-hydrogen) atoms. The van der Waals surface area contributed by atoms with E-state index in [4.69, 9.17) is 11.5 Å². The summed E-state index contributed by atoms with van der Waals surface area (Å²) >= 11 is 0. The zero-order valence-corrected chi connectivity index (χ0v) is 10.6. The van der Waals surface area contributed by atoms with Gasteiger partial charge in [0.05, 0.1) is 0 Å². The summed E-state index contributed by atoms with van der Waals surface area (Å²) in [6, 6.07) is 9.92. The molecule has 0 aliphatic carbocycles. The Morgan fingerprint density at radius 2 is 1.94 bits per heavy atom. The number of anilines is 4. The molecule has 0 aliphatic rings. The Labute approximate surface area is 106 Å². The van der Waals surface area contributed by atoms with Gasteiger partial charge in [0, 0.05) is 18.3 Å². The van der Waals surface area contributed by atoms with Gasteiger partial charge in [-0.15, -0.1) is 0 Å². The second-order valence-corrected chi connectivity index (χ2v) is 4.09. The SMILES string of the molecule is CCN(c1cccc(C)c1)c1cc(N)nc(N)n1. The summed E-state index contributed by atoms with van der Waals surface area (Å²) in [5.74, 6) is 1.29. The molecule has 2 aromatic rings. The van der Waals surface area contributed by atoms with E-state index in [0.29, 0.717) is 11.6 Å². The Bertz CT molecular complexity index is 533. The van der Waals surface area contributed by atoms with E-state index in [1.165, 1.54) is 5.56 Å². The minimum Gasteiger partial charge on any atom is -0.383 e. The highest BCUT2D eigenvalue weighted by Gasteiger charge is 2.10. The maximum absolute atomic E-state index is 5.70. The molecule has 2 rings (SSSR count). The van der Waals surface area contributed by atoms with Gasteiger partial charge in [-0.1, -0.05) is 12.1 Å². The number of benzene rings is 1. The van der Waals surface area contributed by atoms with Crippen LogP contribution in [0, 0.1) is 6.92 Å². The highest BCUT2D eigenvalue weighted by atomic mass is 15.2. The molecule has 0 atom stereocenters. The Balaban J connectivity index is 2.45. The minimum atomic E-state index is 0.191. The molecule has 1 heterocycles. The van der Waals surface area contributed by atoms with Crippen LogP contribution in [0.4, 0.5) is 23.3 Å². The predicted molar refractivity (Wildman–Crippen MR) is 74.7 cm³/mol. The Hall–Kier alpha value is -2.30. The van der Waals surface area contributed by atoms with Crippen molar-refractivity contribution in [2.45, 2.75) is 13.8 Å². The summed E-state index contributed by atoms with van der Waals surface area (Å²) in [6.07, 6.45) is 0. The van der Waals surface area contributed by atoms with E-state index in [1.807, 2.05) is 17.0 Å². The standard InChI is InChI=1S/C13H17N5/c1-3-18(10-6-4-5-9(2)7-10)12-8-11(14)16-13(15)17-12/h4-8H,3H2,1-2H3,(H4,14,15,16,17). The number of hydrogen-bond acceptors (Lipinski definition) is 5. The lowest BCUT2D eigenvalue weighted by molar-refractivity contribution is 0.981. The molecule has 0 unspecified atom stereocenters. The van der Waals surface area contributed by atoms with Crippen molar-refractivity contribution in [3.63, 3.8) is 0 Å². The van der Waals surface area contributed by atoms with Gasteiger partial charge in [0.25, 0.3) is 0 Å². The zero-order chi connectivity index (χ0) is 13.1. The molecular weight excluding hydrogens is 226 g/mol. The molecule has 0 spiro atoms. The maximum atomic E-state index is 5.70. The van der Waals surface area contributed by atoms with E-state index in [2.05, 4.69) is 35.9 Å². The van der Waals surface area contributed by atoms with Crippen molar-refractivity contribution in [1.82, 2.24) is 9.97 Å². The number of aromatic nitrogens is 2. The molecule has 0 fully saturated rings. The average molecular weight is 243 g/mol. The van der Waals surface area contributed by atoms with E-state index in [-0.39, 0.29) is 5.95 Å². The minimum absolute atomic E-state index is 0.191. The molecule has 5 heteroatoms. The maximum Gasteiger partial charge on any atom is 0.223 e. The largest absolute Gasteiger partial charge is 0.383 e. The molecule has 0 bridgehead atoms. The van der Waals surface area contributed by atoms with Gasteiger partial charge in [0.1, 0.15) is 11.6 Å². The summed E-state index contributed by atoms with van der Waals surface area (Å²) in [6.45, 7) is 4.89. The van der Waals surface area contributed by atoms with Gasteiger partial charge in [-0.25, -0.2) is 0 Å². The van der Waals surface area contributed by atoms with E-state index >= 15 is 0 Å². The molecule has 1 aromatic carbocycles. The predicted octanol–water partition coefficient (Wildman–Crippen LogP) is 2.11. The van der Waals surface area contributed by atoms with E-state index < -0.39 is 0 Å². The topological polar surface area (TPSA) is 81.1 Å². The van der Waals surface area contributed by atoms with Crippen molar-refractivity contribution >= 4 is 23.3 Å². The fourth-order valence-electron chi connectivity index (χ4n) is 1.88. The van der Waals surface area contributed by atoms with Crippen LogP contribution >= 0.6 is 0 Å². The second kappa shape index (κ2) is 4.91. The summed E-state index contributed by atoms with van der Waals surface area (Å²) < 4.78 is 0. The normalized spacial score (nSPS) is 10.3. The number of aryl methyl sites for hydroxylation is 1. The van der Waals surface area contributed by atoms with Crippen molar-refractivity contribution in [3.05, 3.63) is 35.9 Å². The lowest BCUT2D eigenvalue weighted by atomic mass is 10.2. The molecule has 5 nitrogen and oxygen atoms in total. The van der Waals surface area contributed by atoms with Crippen molar-refractivity contribution < 1.29 is 0 Å². The van der Waals surface area contributed by atoms with Crippen molar-refractivity contribution in [3.8, 4) is 0 Å². The first kappa shape index (κ1) is 12.2. The van der Waals surface area contributed by atoms with Crippen molar-refractivity contribution in [2.24, 2.45) is 0 Å². The first-order valence-electron chi connectivity index (χ1n) is 5.84. The Morgan fingerprint density at radius 3 is 2.56 bits per heavy atom. The van der Waals surface area contributed by atoms with Crippen LogP contribution in [0.3, 0.4) is 0 Å². The summed E-state index contributed by atoms with van der Waals surface area (Å²) in [5, 5.41) is 0. The highest BCUT2D eigenvalue weighted by Crippen LogP contribution is 2.25. The number of nitrogens with two attached hydrogens (primary N) is 2. The van der Waals surface area contributed by atoms with Crippen LogP contribution in [0.15, 0.2) is 30.3 Å². The molecule has 0 aliphatic heterocycles. The van der Waals surface area contributed by atoms with Crippen LogP contribution in [0.1, 0.15) is 12.5 Å². The molecule has 94 valence electrons. The third-order valence-electron chi connectivity index (χ3n) is 2.66. The first-order chi connectivity index (χ1) is 8.60. The van der Waals surface area contributed by atoms with E-state index in [1.54, 1.807) is 6.07 Å². The summed E-state index contributed by atoms with van der Waals surface area (Å²) in [4.78, 5) is 10.1. The van der Waals surface area contributed by atoms with Gasteiger partial charge in [0.2, 0.25) is 5.95 Å². The number of nitrogens with zero attached hydrogens (tertiary/aromatic N) is 3. The third-order valence-corrected chi connectivity index (χ3v) is 2.66. The number of nitrogen functional groups attached to an aromatic ring is 2. The van der Waals surface area contributed by atoms with Gasteiger partial charge in [-0.2, -0.15) is 9.97 Å². The third kappa shape index (κ3) is 2.51. The average Bonchev–Trinajstić information content (AvgIpc) is 2.28. The fraction of sp³-hybridized carbons (Fsp3) is 0.231. The van der Waals surface area contributed by atoms with Gasteiger partial charge < -0.3 is 16.4 Å². The molecular formula is C13H17N5. The number of hydrogen-bond donors (Lipinski definition) is 2. The molecule has 0 amide bonds. The van der Waals surface area contributed by atoms with Crippen LogP contribution in [0.5, 0.6) is 0 Å². The van der Waals surface area contributed by atoms with Crippen LogP contribution in [0.25, 0.3) is 0 Å². The first-order valence-corrected chi connectivity index (χ1v) is 5.84. The fourth-order valence-corrected chi connectivity index (χ4v) is 1.88. The second-order valence-electron chi connectivity index (χ2n) is 4.09. The quantitative estimate of drug-likeness (QED) is 0.862. The molecule has 1 aromatic heterocycles. The van der Waals surface area contributed by atoms with Gasteiger partial charge in [0.15, 0.2) is 0 Å². The molecule has 4 N–H and O–H groups in total. The van der Waals surface area contributed by atoms with Crippen molar-refractivity contribution in [1.29, 1.82) is 0 Å². The smallest absolute Gasteiger partial charge is 0.223 e. The van der Waals surface area contributed by atoms with Crippen LogP contribution < -0.4 is 16.4 Å². The monoisotopic (exact) mass is 243 g/mol. The zero-order valence-electron chi connectivity index (χ0n) is 10.6. The van der Waals surface area contributed by atoms with Gasteiger partial charge in [-0.05, 0) is 31.5 Å². The van der Waals surface area contributed by atoms with E-state index in [0.717, 1.165) is 12.2 Å². The molecule has 0 radical (unpaired) electrons. The Kier molecular flexibility index (Phi) is 3.32. The van der Waals surface area contributed by atoms with Crippen LogP contribution in [-0.4, -0.2) is 16.5 Å². The Morgan fingerprint density at radius 1 is 1.17 bits per heavy atom. The lowest BCUT2D eigenvalue weighted by Crippen LogP contribution is -2.18. The van der Waals surface area contributed by atoms with Gasteiger partial charge in [-0.3, -0.25) is 0 Å². The van der Waals surface area contributed by atoms with Crippen LogP contribution in [0.2, 0.25) is 0 Å². The molecule has 0 saturated heterocycles. The van der Waals surface area contributed by atoms with E-state index in [9.17, 15) is 0 Å². The summed E-state index contributed by atoms with van der Waals surface area (Å²) in [7, 11) is 0.